The molecule has 0 unspecified atom stereocenters. The highest BCUT2D eigenvalue weighted by Crippen LogP contribution is 2.13. The highest BCUT2D eigenvalue weighted by Gasteiger charge is 2.06. The van der Waals surface area contributed by atoms with E-state index in [0.29, 0.717) is 13.0 Å². The summed E-state index contributed by atoms with van der Waals surface area (Å²) in [6, 6.07) is 3.23. The van der Waals surface area contributed by atoms with E-state index in [9.17, 15) is 13.6 Å². The van der Waals surface area contributed by atoms with Crippen LogP contribution in [0.3, 0.4) is 0 Å². The number of anilines is 1. The number of nitrogens with one attached hydrogen (secondary N) is 1. The molecule has 0 bridgehead atoms. The molecule has 0 saturated heterocycles. The molecule has 0 aliphatic heterocycles. The number of hydrogen-bond donors (Lipinski definition) is 1. The number of amides is 1. The van der Waals surface area contributed by atoms with E-state index in [1.54, 1.807) is 11.0 Å². The summed E-state index contributed by atoms with van der Waals surface area (Å²) >= 11 is 0. The van der Waals surface area contributed by atoms with Crippen molar-refractivity contribution in [3.05, 3.63) is 42.5 Å². The maximum Gasteiger partial charge on any atom is 0.224 e. The number of carbonyl (C=O) groups excluding carboxylic acids is 1. The lowest BCUT2D eigenvalue weighted by Crippen LogP contribution is -2.12. The van der Waals surface area contributed by atoms with Crippen molar-refractivity contribution < 1.29 is 13.6 Å². The van der Waals surface area contributed by atoms with Gasteiger partial charge in [0.1, 0.15) is 12.7 Å². The van der Waals surface area contributed by atoms with Gasteiger partial charge in [-0.3, -0.25) is 9.48 Å². The van der Waals surface area contributed by atoms with E-state index in [4.69, 9.17) is 0 Å². The minimum Gasteiger partial charge on any atom is -0.326 e. The molecular formula is C12H12F2N4O. The monoisotopic (exact) mass is 266 g/mol. The third kappa shape index (κ3) is 3.84. The van der Waals surface area contributed by atoms with Gasteiger partial charge in [-0.25, -0.2) is 13.8 Å². The van der Waals surface area contributed by atoms with Crippen molar-refractivity contribution in [1.29, 1.82) is 0 Å². The van der Waals surface area contributed by atoms with Crippen LogP contribution in [0.5, 0.6) is 0 Å². The van der Waals surface area contributed by atoms with Gasteiger partial charge in [-0.15, -0.1) is 0 Å². The Morgan fingerprint density at radius 3 is 2.84 bits per heavy atom. The summed E-state index contributed by atoms with van der Waals surface area (Å²) in [7, 11) is 0. The Morgan fingerprint density at radius 2 is 2.16 bits per heavy atom. The number of aryl methyl sites for hydroxylation is 1. The Balaban J connectivity index is 1.79. The predicted octanol–water partition coefficient (Wildman–Crippen LogP) is 1.98. The molecule has 2 aromatic rings. The molecule has 19 heavy (non-hydrogen) atoms. The van der Waals surface area contributed by atoms with Gasteiger partial charge in [-0.1, -0.05) is 0 Å². The molecule has 7 heteroatoms. The Kier molecular flexibility index (Phi) is 4.17. The van der Waals surface area contributed by atoms with Crippen LogP contribution >= 0.6 is 0 Å². The van der Waals surface area contributed by atoms with Crippen LogP contribution in [-0.4, -0.2) is 20.7 Å². The second-order valence-corrected chi connectivity index (χ2v) is 3.94. The van der Waals surface area contributed by atoms with Crippen molar-refractivity contribution >= 4 is 11.6 Å². The van der Waals surface area contributed by atoms with E-state index >= 15 is 0 Å². The van der Waals surface area contributed by atoms with E-state index in [0.717, 1.165) is 12.1 Å². The summed E-state index contributed by atoms with van der Waals surface area (Å²) in [4.78, 5) is 15.3. The third-order valence-corrected chi connectivity index (χ3v) is 2.46. The first-order chi connectivity index (χ1) is 9.15. The Labute approximate surface area is 108 Å². The van der Waals surface area contributed by atoms with Gasteiger partial charge in [0.25, 0.3) is 0 Å². The van der Waals surface area contributed by atoms with Crippen LogP contribution in [0.25, 0.3) is 0 Å². The van der Waals surface area contributed by atoms with Crippen molar-refractivity contribution in [3.8, 4) is 0 Å². The fourth-order valence-electron chi connectivity index (χ4n) is 1.55. The molecule has 1 N–H and O–H groups in total. The van der Waals surface area contributed by atoms with Crippen LogP contribution < -0.4 is 5.32 Å². The van der Waals surface area contributed by atoms with Crippen LogP contribution in [0.15, 0.2) is 30.9 Å². The second-order valence-electron chi connectivity index (χ2n) is 3.94. The van der Waals surface area contributed by atoms with Crippen LogP contribution in [-0.2, 0) is 11.3 Å². The fraction of sp³-hybridized carbons (Fsp3) is 0.250. The molecule has 1 heterocycles. The Bertz CT molecular complexity index is 557. The summed E-state index contributed by atoms with van der Waals surface area (Å²) in [5.41, 5.74) is 0.240. The number of rotatable bonds is 5. The molecule has 2 rings (SSSR count). The average Bonchev–Trinajstić information content (AvgIpc) is 2.87. The van der Waals surface area contributed by atoms with E-state index in [1.807, 2.05) is 0 Å². The van der Waals surface area contributed by atoms with Gasteiger partial charge in [0, 0.05) is 24.7 Å². The zero-order chi connectivity index (χ0) is 13.7. The zero-order valence-electron chi connectivity index (χ0n) is 10.0. The first-order valence-corrected chi connectivity index (χ1v) is 5.72. The number of benzene rings is 1. The Morgan fingerprint density at radius 1 is 1.32 bits per heavy atom. The van der Waals surface area contributed by atoms with Gasteiger partial charge < -0.3 is 5.32 Å². The largest absolute Gasteiger partial charge is 0.326 e. The molecule has 0 radical (unpaired) electrons. The number of halogens is 2. The lowest BCUT2D eigenvalue weighted by molar-refractivity contribution is -0.116. The highest BCUT2D eigenvalue weighted by atomic mass is 19.2. The molecule has 0 atom stereocenters. The standard InChI is InChI=1S/C12H12F2N4O/c13-10-4-3-9(6-11(10)14)17-12(19)2-1-5-18-8-15-7-16-18/h3-4,6-8H,1-2,5H2,(H,17,19). The van der Waals surface area contributed by atoms with Gasteiger partial charge >= 0.3 is 0 Å². The molecule has 0 aliphatic rings. The highest BCUT2D eigenvalue weighted by molar-refractivity contribution is 5.90. The van der Waals surface area contributed by atoms with E-state index in [2.05, 4.69) is 15.4 Å². The first kappa shape index (κ1) is 13.1. The SMILES string of the molecule is O=C(CCCn1cncn1)Nc1ccc(F)c(F)c1. The maximum absolute atomic E-state index is 12.9. The van der Waals surface area contributed by atoms with Crippen molar-refractivity contribution in [3.63, 3.8) is 0 Å². The first-order valence-electron chi connectivity index (χ1n) is 5.72. The van der Waals surface area contributed by atoms with Gasteiger partial charge in [-0.05, 0) is 18.6 Å². The summed E-state index contributed by atoms with van der Waals surface area (Å²) in [6.07, 6.45) is 3.83. The van der Waals surface area contributed by atoms with Crippen molar-refractivity contribution in [2.24, 2.45) is 0 Å². The summed E-state index contributed by atoms with van der Waals surface area (Å²) in [6.45, 7) is 0.575. The quantitative estimate of drug-likeness (QED) is 0.900. The maximum atomic E-state index is 12.9. The predicted molar refractivity (Wildman–Crippen MR) is 64.2 cm³/mol. The van der Waals surface area contributed by atoms with Gasteiger partial charge in [0.15, 0.2) is 11.6 Å². The normalized spacial score (nSPS) is 10.4. The zero-order valence-corrected chi connectivity index (χ0v) is 10.0. The molecule has 0 aliphatic carbocycles. The van der Waals surface area contributed by atoms with Gasteiger partial charge in [-0.2, -0.15) is 5.10 Å². The van der Waals surface area contributed by atoms with E-state index in [1.165, 1.54) is 12.4 Å². The van der Waals surface area contributed by atoms with Crippen LogP contribution in [0, 0.1) is 11.6 Å². The average molecular weight is 266 g/mol. The fourth-order valence-corrected chi connectivity index (χ4v) is 1.55. The topological polar surface area (TPSA) is 59.8 Å². The van der Waals surface area contributed by atoms with E-state index < -0.39 is 11.6 Å². The number of nitrogens with zero attached hydrogens (tertiary/aromatic N) is 3. The molecule has 100 valence electrons. The lowest BCUT2D eigenvalue weighted by Gasteiger charge is -2.05. The van der Waals surface area contributed by atoms with Gasteiger partial charge in [0.05, 0.1) is 0 Å². The van der Waals surface area contributed by atoms with Crippen molar-refractivity contribution in [2.45, 2.75) is 19.4 Å². The minimum atomic E-state index is -0.986. The number of hydrogen-bond acceptors (Lipinski definition) is 3. The molecule has 1 aromatic heterocycles. The molecule has 0 fully saturated rings. The van der Waals surface area contributed by atoms with Gasteiger partial charge in [0.2, 0.25) is 5.91 Å². The van der Waals surface area contributed by atoms with Crippen LogP contribution in [0.2, 0.25) is 0 Å². The molecule has 0 spiro atoms. The lowest BCUT2D eigenvalue weighted by atomic mass is 10.2. The minimum absolute atomic E-state index is 0.240. The second kappa shape index (κ2) is 6.03. The summed E-state index contributed by atoms with van der Waals surface area (Å²) < 4.78 is 27.2. The number of aromatic nitrogens is 3. The van der Waals surface area contributed by atoms with Crippen molar-refractivity contribution in [1.82, 2.24) is 14.8 Å². The third-order valence-electron chi connectivity index (χ3n) is 2.46. The summed E-state index contributed by atoms with van der Waals surface area (Å²) in [5, 5.41) is 6.40. The van der Waals surface area contributed by atoms with E-state index in [-0.39, 0.29) is 18.0 Å². The number of carbonyl (C=O) groups is 1. The molecular weight excluding hydrogens is 254 g/mol. The molecule has 5 nitrogen and oxygen atoms in total. The molecule has 1 amide bonds. The van der Waals surface area contributed by atoms with Crippen LogP contribution in [0.4, 0.5) is 14.5 Å². The smallest absolute Gasteiger partial charge is 0.224 e. The summed E-state index contributed by atoms with van der Waals surface area (Å²) in [5.74, 6) is -2.18. The Hall–Kier alpha value is -2.31. The van der Waals surface area contributed by atoms with Crippen molar-refractivity contribution in [2.75, 3.05) is 5.32 Å². The molecule has 0 saturated carbocycles. The van der Waals surface area contributed by atoms with Crippen LogP contribution in [0.1, 0.15) is 12.8 Å². The molecule has 1 aromatic carbocycles.